The number of fused-ring (bicyclic) bond motifs is 1. The van der Waals surface area contributed by atoms with E-state index < -0.39 is 0 Å². The lowest BCUT2D eigenvalue weighted by atomic mass is 9.65. The maximum absolute atomic E-state index is 13.6. The molecule has 5 heteroatoms. The minimum Gasteiger partial charge on any atom is -0.349 e. The molecular formula is C27H28FN3O. The monoisotopic (exact) mass is 429 g/mol. The van der Waals surface area contributed by atoms with Crippen LogP contribution in [0.3, 0.4) is 0 Å². The summed E-state index contributed by atoms with van der Waals surface area (Å²) in [5.41, 5.74) is 2.17. The molecule has 1 saturated heterocycles. The van der Waals surface area contributed by atoms with Gasteiger partial charge in [0.25, 0.3) is 0 Å². The Labute approximate surface area is 188 Å². The van der Waals surface area contributed by atoms with Crippen LogP contribution in [0.2, 0.25) is 0 Å². The molecule has 1 aliphatic rings. The van der Waals surface area contributed by atoms with Crippen LogP contribution >= 0.6 is 0 Å². The number of rotatable bonds is 5. The van der Waals surface area contributed by atoms with Gasteiger partial charge in [-0.25, -0.2) is 4.39 Å². The maximum atomic E-state index is 13.6. The quantitative estimate of drug-likeness (QED) is 0.601. The zero-order valence-corrected chi connectivity index (χ0v) is 18.5. The Morgan fingerprint density at radius 3 is 2.47 bits per heavy atom. The van der Waals surface area contributed by atoms with Crippen molar-refractivity contribution in [3.05, 3.63) is 83.2 Å². The molecule has 32 heavy (non-hydrogen) atoms. The Morgan fingerprint density at radius 2 is 1.78 bits per heavy atom. The van der Waals surface area contributed by atoms with Gasteiger partial charge in [-0.05, 0) is 79.0 Å². The Balaban J connectivity index is 1.63. The summed E-state index contributed by atoms with van der Waals surface area (Å²) in [6, 6.07) is 20.2. The number of piperidine rings is 1. The SMILES string of the molecule is CC(NC(=O)C(C)C1(c2ccc(F)cc2)CCNCC1)c1cc(C#N)cc2ccccc12. The summed E-state index contributed by atoms with van der Waals surface area (Å²) in [5.74, 6) is -0.592. The summed E-state index contributed by atoms with van der Waals surface area (Å²) in [4.78, 5) is 13.5. The lowest BCUT2D eigenvalue weighted by Crippen LogP contribution is -2.49. The van der Waals surface area contributed by atoms with E-state index in [1.54, 1.807) is 0 Å². The number of hydrogen-bond acceptors (Lipinski definition) is 3. The highest BCUT2D eigenvalue weighted by Gasteiger charge is 2.42. The summed E-state index contributed by atoms with van der Waals surface area (Å²) < 4.78 is 13.6. The molecule has 2 atom stereocenters. The van der Waals surface area contributed by atoms with Gasteiger partial charge in [0, 0.05) is 11.3 Å². The smallest absolute Gasteiger partial charge is 0.224 e. The number of carbonyl (C=O) groups excluding carboxylic acids is 1. The van der Waals surface area contributed by atoms with Crippen molar-refractivity contribution in [1.82, 2.24) is 10.6 Å². The first-order chi connectivity index (χ1) is 15.4. The van der Waals surface area contributed by atoms with Crippen LogP contribution in [0.4, 0.5) is 4.39 Å². The van der Waals surface area contributed by atoms with Crippen molar-refractivity contribution in [2.24, 2.45) is 5.92 Å². The van der Waals surface area contributed by atoms with Gasteiger partial charge in [0.15, 0.2) is 0 Å². The van der Waals surface area contributed by atoms with E-state index in [1.165, 1.54) is 12.1 Å². The highest BCUT2D eigenvalue weighted by Crippen LogP contribution is 2.41. The highest BCUT2D eigenvalue weighted by atomic mass is 19.1. The van der Waals surface area contributed by atoms with Crippen molar-refractivity contribution >= 4 is 16.7 Å². The van der Waals surface area contributed by atoms with Crippen molar-refractivity contribution < 1.29 is 9.18 Å². The number of carbonyl (C=O) groups is 1. The Hall–Kier alpha value is -3.23. The molecule has 1 amide bonds. The number of nitrogens with zero attached hydrogens (tertiary/aromatic N) is 1. The van der Waals surface area contributed by atoms with Gasteiger partial charge >= 0.3 is 0 Å². The second-order valence-electron chi connectivity index (χ2n) is 8.76. The third-order valence-corrected chi connectivity index (χ3v) is 6.99. The normalized spacial score (nSPS) is 17.3. The van der Waals surface area contributed by atoms with Crippen molar-refractivity contribution in [2.45, 2.75) is 38.1 Å². The van der Waals surface area contributed by atoms with E-state index in [9.17, 15) is 14.4 Å². The Morgan fingerprint density at radius 1 is 1.09 bits per heavy atom. The second kappa shape index (κ2) is 9.10. The van der Waals surface area contributed by atoms with Gasteiger partial charge in [-0.3, -0.25) is 4.79 Å². The Kier molecular flexibility index (Phi) is 6.25. The maximum Gasteiger partial charge on any atom is 0.224 e. The van der Waals surface area contributed by atoms with E-state index in [1.807, 2.05) is 62.4 Å². The van der Waals surface area contributed by atoms with Crippen molar-refractivity contribution in [3.63, 3.8) is 0 Å². The van der Waals surface area contributed by atoms with Crippen molar-refractivity contribution in [1.29, 1.82) is 5.26 Å². The van der Waals surface area contributed by atoms with Gasteiger partial charge in [-0.15, -0.1) is 0 Å². The van der Waals surface area contributed by atoms with Gasteiger partial charge in [0.2, 0.25) is 5.91 Å². The van der Waals surface area contributed by atoms with E-state index in [2.05, 4.69) is 16.7 Å². The van der Waals surface area contributed by atoms with Crippen LogP contribution in [0, 0.1) is 23.1 Å². The van der Waals surface area contributed by atoms with E-state index >= 15 is 0 Å². The predicted octanol–water partition coefficient (Wildman–Crippen LogP) is 4.99. The number of hydrogen-bond donors (Lipinski definition) is 2. The highest BCUT2D eigenvalue weighted by molar-refractivity contribution is 5.88. The molecule has 0 spiro atoms. The first-order valence-electron chi connectivity index (χ1n) is 11.1. The van der Waals surface area contributed by atoms with E-state index in [4.69, 9.17) is 0 Å². The second-order valence-corrected chi connectivity index (χ2v) is 8.76. The van der Waals surface area contributed by atoms with Crippen LogP contribution in [0.15, 0.2) is 60.7 Å². The molecule has 2 N–H and O–H groups in total. The van der Waals surface area contributed by atoms with Crippen LogP contribution in [0.1, 0.15) is 49.4 Å². The molecule has 0 aromatic heterocycles. The van der Waals surface area contributed by atoms with E-state index in [-0.39, 0.29) is 29.1 Å². The van der Waals surface area contributed by atoms with Gasteiger partial charge in [0.05, 0.1) is 17.7 Å². The fourth-order valence-corrected chi connectivity index (χ4v) is 5.06. The molecule has 1 fully saturated rings. The fraction of sp³-hybridized carbons (Fsp3) is 0.333. The molecular weight excluding hydrogens is 401 g/mol. The summed E-state index contributed by atoms with van der Waals surface area (Å²) in [6.45, 7) is 5.57. The third-order valence-electron chi connectivity index (χ3n) is 6.99. The average molecular weight is 430 g/mol. The third kappa shape index (κ3) is 4.11. The van der Waals surface area contributed by atoms with Crippen LogP contribution in [-0.2, 0) is 10.2 Å². The van der Waals surface area contributed by atoms with Gasteiger partial charge in [-0.2, -0.15) is 5.26 Å². The van der Waals surface area contributed by atoms with Gasteiger partial charge in [0.1, 0.15) is 5.82 Å². The molecule has 3 aromatic rings. The summed E-state index contributed by atoms with van der Waals surface area (Å²) in [6.07, 6.45) is 1.63. The van der Waals surface area contributed by atoms with E-state index in [0.717, 1.165) is 47.8 Å². The average Bonchev–Trinajstić information content (AvgIpc) is 2.83. The lowest BCUT2D eigenvalue weighted by molar-refractivity contribution is -0.127. The Bertz CT molecular complexity index is 1160. The van der Waals surface area contributed by atoms with E-state index in [0.29, 0.717) is 5.56 Å². The molecule has 164 valence electrons. The van der Waals surface area contributed by atoms with Crippen LogP contribution in [0.5, 0.6) is 0 Å². The molecule has 2 unspecified atom stereocenters. The first kappa shape index (κ1) is 22.0. The molecule has 0 saturated carbocycles. The molecule has 4 rings (SSSR count). The molecule has 0 aliphatic carbocycles. The number of halogens is 1. The summed E-state index contributed by atoms with van der Waals surface area (Å²) >= 11 is 0. The van der Waals surface area contributed by atoms with Crippen molar-refractivity contribution in [3.8, 4) is 6.07 Å². The van der Waals surface area contributed by atoms with Crippen LogP contribution in [0.25, 0.3) is 10.8 Å². The number of amides is 1. The van der Waals surface area contributed by atoms with Gasteiger partial charge < -0.3 is 10.6 Å². The first-order valence-corrected chi connectivity index (χ1v) is 11.1. The zero-order chi connectivity index (χ0) is 22.7. The molecule has 0 radical (unpaired) electrons. The van der Waals surface area contributed by atoms with Crippen molar-refractivity contribution in [2.75, 3.05) is 13.1 Å². The molecule has 3 aromatic carbocycles. The molecule has 1 aliphatic heterocycles. The summed E-state index contributed by atoms with van der Waals surface area (Å²) in [5, 5.41) is 18.0. The molecule has 0 bridgehead atoms. The number of benzene rings is 3. The zero-order valence-electron chi connectivity index (χ0n) is 18.5. The standard InChI is InChI=1S/C27H28FN3O/c1-18(27(11-13-30-14-12-27)22-7-9-23(28)10-8-22)26(32)31-19(2)25-16-20(17-29)15-21-5-3-4-6-24(21)25/h3-10,15-16,18-19,30H,11-14H2,1-2H3,(H,31,32). The predicted molar refractivity (Wildman–Crippen MR) is 125 cm³/mol. The van der Waals surface area contributed by atoms with Gasteiger partial charge in [-0.1, -0.05) is 43.3 Å². The minimum atomic E-state index is -0.348. The lowest BCUT2D eigenvalue weighted by Gasteiger charge is -2.42. The fourth-order valence-electron chi connectivity index (χ4n) is 5.06. The number of nitriles is 1. The minimum absolute atomic E-state index is 0.0323. The molecule has 4 nitrogen and oxygen atoms in total. The number of nitrogens with one attached hydrogen (secondary N) is 2. The van der Waals surface area contributed by atoms with Crippen LogP contribution < -0.4 is 10.6 Å². The summed E-state index contributed by atoms with van der Waals surface area (Å²) in [7, 11) is 0. The largest absolute Gasteiger partial charge is 0.349 e. The molecule has 1 heterocycles. The van der Waals surface area contributed by atoms with Crippen LogP contribution in [-0.4, -0.2) is 19.0 Å². The topological polar surface area (TPSA) is 64.9 Å².